The number of hydrogen-bond donors (Lipinski definition) is 0. The van der Waals surface area contributed by atoms with Crippen LogP contribution in [0.2, 0.25) is 20.1 Å². The SMILES string of the molecule is CCn1c(CN(C(=O)[O-])C(=O)c2cc(Cl)cc(Cl)c2)nc(C(C)C)c1Sc1cc(Cl)cc(Cl)c1. The minimum Gasteiger partial charge on any atom is -0.530 e. The molecule has 0 aliphatic rings. The fourth-order valence-corrected chi connectivity index (χ4v) is 5.83. The maximum atomic E-state index is 13.0. The lowest BCUT2D eigenvalue weighted by molar-refractivity contribution is -0.262. The normalized spacial score (nSPS) is 11.2. The van der Waals surface area contributed by atoms with Crippen molar-refractivity contribution in [3.05, 3.63) is 73.6 Å². The summed E-state index contributed by atoms with van der Waals surface area (Å²) in [5.41, 5.74) is 0.790. The van der Waals surface area contributed by atoms with Crippen LogP contribution in [0.4, 0.5) is 4.79 Å². The molecule has 3 aromatic rings. The van der Waals surface area contributed by atoms with Gasteiger partial charge in [0, 0.05) is 37.1 Å². The van der Waals surface area contributed by atoms with E-state index in [0.717, 1.165) is 15.6 Å². The first-order valence-electron chi connectivity index (χ1n) is 10.2. The molecule has 6 nitrogen and oxygen atoms in total. The van der Waals surface area contributed by atoms with Crippen LogP contribution in [0.1, 0.15) is 48.6 Å². The number of benzene rings is 2. The summed E-state index contributed by atoms with van der Waals surface area (Å²) in [5, 5.41) is 14.2. The summed E-state index contributed by atoms with van der Waals surface area (Å²) < 4.78 is 1.86. The minimum atomic E-state index is -1.66. The molecule has 0 atom stereocenters. The van der Waals surface area contributed by atoms with E-state index in [1.807, 2.05) is 25.3 Å². The summed E-state index contributed by atoms with van der Waals surface area (Å²) in [5.74, 6) is -0.382. The third kappa shape index (κ3) is 6.20. The van der Waals surface area contributed by atoms with E-state index in [4.69, 9.17) is 51.4 Å². The predicted octanol–water partition coefficient (Wildman–Crippen LogP) is 6.78. The molecular formula is C23H20Cl4N3O3S-. The smallest absolute Gasteiger partial charge is 0.259 e. The molecule has 11 heteroatoms. The molecule has 0 spiro atoms. The zero-order valence-corrected chi connectivity index (χ0v) is 22.3. The predicted molar refractivity (Wildman–Crippen MR) is 134 cm³/mol. The van der Waals surface area contributed by atoms with Gasteiger partial charge in [0.1, 0.15) is 16.9 Å². The minimum absolute atomic E-state index is 0.0301. The van der Waals surface area contributed by atoms with Gasteiger partial charge >= 0.3 is 0 Å². The van der Waals surface area contributed by atoms with Crippen LogP contribution in [0.25, 0.3) is 0 Å². The molecule has 0 aliphatic heterocycles. The van der Waals surface area contributed by atoms with Gasteiger partial charge < -0.3 is 14.5 Å². The van der Waals surface area contributed by atoms with Crippen molar-refractivity contribution in [2.24, 2.45) is 0 Å². The lowest BCUT2D eigenvalue weighted by Gasteiger charge is -2.23. The van der Waals surface area contributed by atoms with Crippen molar-refractivity contribution in [2.45, 2.75) is 49.7 Å². The second kappa shape index (κ2) is 11.2. The molecule has 0 saturated carbocycles. The van der Waals surface area contributed by atoms with Crippen LogP contribution in [-0.2, 0) is 13.1 Å². The molecule has 0 radical (unpaired) electrons. The van der Waals surface area contributed by atoms with E-state index >= 15 is 0 Å². The zero-order valence-electron chi connectivity index (χ0n) is 18.4. The summed E-state index contributed by atoms with van der Waals surface area (Å²) in [4.78, 5) is 31.0. The molecule has 0 aliphatic carbocycles. The van der Waals surface area contributed by atoms with Gasteiger partial charge in [-0.1, -0.05) is 72.0 Å². The number of nitrogens with zero attached hydrogens (tertiary/aromatic N) is 3. The molecule has 2 aromatic carbocycles. The second-order valence-corrected chi connectivity index (χ2v) is 10.4. The summed E-state index contributed by atoms with van der Waals surface area (Å²) in [6.45, 7) is 6.05. The van der Waals surface area contributed by atoms with Gasteiger partial charge in [-0.15, -0.1) is 0 Å². The van der Waals surface area contributed by atoms with Crippen LogP contribution < -0.4 is 5.11 Å². The summed E-state index contributed by atoms with van der Waals surface area (Å²) in [6.07, 6.45) is -1.66. The maximum absolute atomic E-state index is 13.0. The number of aromatic nitrogens is 2. The van der Waals surface area contributed by atoms with Crippen molar-refractivity contribution in [2.75, 3.05) is 0 Å². The van der Waals surface area contributed by atoms with E-state index in [9.17, 15) is 14.7 Å². The lowest BCUT2D eigenvalue weighted by atomic mass is 10.1. The van der Waals surface area contributed by atoms with E-state index in [-0.39, 0.29) is 28.1 Å². The van der Waals surface area contributed by atoms with E-state index in [0.29, 0.717) is 27.3 Å². The van der Waals surface area contributed by atoms with Gasteiger partial charge in [-0.05, 0) is 49.2 Å². The average Bonchev–Trinajstić information content (AvgIpc) is 3.07. The van der Waals surface area contributed by atoms with Crippen LogP contribution in [0.3, 0.4) is 0 Å². The van der Waals surface area contributed by atoms with Crippen molar-refractivity contribution in [1.29, 1.82) is 0 Å². The Morgan fingerprint density at radius 2 is 1.53 bits per heavy atom. The molecule has 0 fully saturated rings. The number of carbonyl (C=O) groups is 2. The van der Waals surface area contributed by atoms with E-state index in [1.54, 1.807) is 18.2 Å². The highest BCUT2D eigenvalue weighted by atomic mass is 35.5. The largest absolute Gasteiger partial charge is 0.530 e. The Hall–Kier alpha value is -1.90. The highest BCUT2D eigenvalue weighted by Gasteiger charge is 2.25. The van der Waals surface area contributed by atoms with Crippen molar-refractivity contribution < 1.29 is 14.7 Å². The Bertz CT molecular complexity index is 1210. The molecule has 0 unspecified atom stereocenters. The highest BCUT2D eigenvalue weighted by molar-refractivity contribution is 7.99. The fraction of sp³-hybridized carbons (Fsp3) is 0.261. The first-order chi connectivity index (χ1) is 16.0. The number of carbonyl (C=O) groups excluding carboxylic acids is 2. The van der Waals surface area contributed by atoms with Crippen LogP contribution >= 0.6 is 58.2 Å². The van der Waals surface area contributed by atoms with E-state index in [2.05, 4.69) is 0 Å². The molecule has 34 heavy (non-hydrogen) atoms. The summed E-state index contributed by atoms with van der Waals surface area (Å²) in [6, 6.07) is 9.37. The number of carboxylic acid groups (broad SMARTS) is 1. The highest BCUT2D eigenvalue weighted by Crippen LogP contribution is 2.37. The number of halogens is 4. The van der Waals surface area contributed by atoms with E-state index in [1.165, 1.54) is 30.0 Å². The van der Waals surface area contributed by atoms with Crippen molar-refractivity contribution in [3.63, 3.8) is 0 Å². The van der Waals surface area contributed by atoms with Gasteiger partial charge in [0.05, 0.1) is 12.2 Å². The van der Waals surface area contributed by atoms with E-state index < -0.39 is 12.0 Å². The standard InChI is InChI=1S/C23H21Cl4N3O3S/c1-4-29-19(11-30(23(32)33)21(31)13-5-14(24)7-15(25)6-13)28-20(12(2)3)22(29)34-18-9-16(26)8-17(27)10-18/h5-10,12H,4,11H2,1-3H3,(H,32,33)/p-1. The Morgan fingerprint density at radius 3 is 2.00 bits per heavy atom. The number of hydrogen-bond acceptors (Lipinski definition) is 5. The quantitative estimate of drug-likeness (QED) is 0.319. The zero-order chi connectivity index (χ0) is 25.2. The Balaban J connectivity index is 2.03. The van der Waals surface area contributed by atoms with Crippen molar-refractivity contribution >= 4 is 70.2 Å². The fourth-order valence-electron chi connectivity index (χ4n) is 3.33. The Morgan fingerprint density at radius 1 is 1.00 bits per heavy atom. The van der Waals surface area contributed by atoms with Crippen LogP contribution in [-0.4, -0.2) is 26.5 Å². The molecule has 1 aromatic heterocycles. The molecule has 0 N–H and O–H groups in total. The lowest BCUT2D eigenvalue weighted by Crippen LogP contribution is -2.45. The number of imide groups is 1. The topological polar surface area (TPSA) is 78.3 Å². The third-order valence-corrected chi connectivity index (χ3v) is 6.78. The Labute approximate surface area is 221 Å². The van der Waals surface area contributed by atoms with Gasteiger partial charge in [-0.25, -0.2) is 4.98 Å². The van der Waals surface area contributed by atoms with Gasteiger partial charge in [0.25, 0.3) is 5.91 Å². The summed E-state index contributed by atoms with van der Waals surface area (Å²) in [7, 11) is 0. The second-order valence-electron chi connectivity index (χ2n) is 7.64. The first-order valence-corrected chi connectivity index (χ1v) is 12.5. The first kappa shape index (κ1) is 26.7. The van der Waals surface area contributed by atoms with Crippen molar-refractivity contribution in [1.82, 2.24) is 14.5 Å². The van der Waals surface area contributed by atoms with Crippen LogP contribution in [0, 0.1) is 0 Å². The van der Waals surface area contributed by atoms with Crippen molar-refractivity contribution in [3.8, 4) is 0 Å². The van der Waals surface area contributed by atoms with Gasteiger partial charge in [-0.3, -0.25) is 9.69 Å². The number of rotatable bonds is 7. The average molecular weight is 560 g/mol. The van der Waals surface area contributed by atoms with Gasteiger partial charge in [0.2, 0.25) is 0 Å². The third-order valence-electron chi connectivity index (χ3n) is 4.81. The Kier molecular flexibility index (Phi) is 8.82. The molecular weight excluding hydrogens is 540 g/mol. The number of imidazole rings is 1. The van der Waals surface area contributed by atoms with Crippen LogP contribution in [0.5, 0.6) is 0 Å². The monoisotopic (exact) mass is 558 g/mol. The molecule has 3 rings (SSSR count). The van der Waals surface area contributed by atoms with Gasteiger partial charge in [-0.2, -0.15) is 0 Å². The number of amides is 2. The summed E-state index contributed by atoms with van der Waals surface area (Å²) >= 11 is 25.7. The van der Waals surface area contributed by atoms with Crippen LogP contribution in [0.15, 0.2) is 46.3 Å². The molecule has 2 amide bonds. The molecule has 1 heterocycles. The van der Waals surface area contributed by atoms with Gasteiger partial charge in [0.15, 0.2) is 0 Å². The maximum Gasteiger partial charge on any atom is 0.259 e. The molecule has 180 valence electrons. The molecule has 0 saturated heterocycles. The molecule has 0 bridgehead atoms.